The zero-order valence-corrected chi connectivity index (χ0v) is 17.4. The van der Waals surface area contributed by atoms with Crippen LogP contribution in [-0.2, 0) is 16.1 Å². The molecule has 6 heteroatoms. The number of carbonyl (C=O) groups excluding carboxylic acids is 1. The van der Waals surface area contributed by atoms with Crippen LogP contribution in [0.1, 0.15) is 24.2 Å². The van der Waals surface area contributed by atoms with Gasteiger partial charge in [-0.2, -0.15) is 0 Å². The maximum atomic E-state index is 12.4. The average Bonchev–Trinajstić information content (AvgIpc) is 2.74. The normalized spacial score (nSPS) is 11.6. The first kappa shape index (κ1) is 21.0. The van der Waals surface area contributed by atoms with Gasteiger partial charge in [-0.3, -0.25) is 0 Å². The molecule has 0 aromatic heterocycles. The van der Waals surface area contributed by atoms with Crippen LogP contribution in [0.15, 0.2) is 72.8 Å². The molecule has 0 aliphatic rings. The van der Waals surface area contributed by atoms with Crippen LogP contribution in [0.5, 0.6) is 5.75 Å². The second kappa shape index (κ2) is 10.2. The van der Waals surface area contributed by atoms with Gasteiger partial charge in [0.05, 0.1) is 6.61 Å². The molecule has 4 nitrogen and oxygen atoms in total. The summed E-state index contributed by atoms with van der Waals surface area (Å²) in [4.78, 5) is 12.4. The molecule has 29 heavy (non-hydrogen) atoms. The summed E-state index contributed by atoms with van der Waals surface area (Å²) in [5.41, 5.74) is 2.54. The first-order chi connectivity index (χ1) is 14.1. The Bertz CT molecular complexity index is 946. The number of nitrogens with one attached hydrogen (secondary N) is 1. The van der Waals surface area contributed by atoms with Crippen LogP contribution in [0.3, 0.4) is 0 Å². The maximum Gasteiger partial charge on any atom is 0.352 e. The van der Waals surface area contributed by atoms with Crippen LogP contribution in [0.2, 0.25) is 10.0 Å². The number of esters is 1. The molecular formula is C23H21Cl2NO3. The Morgan fingerprint density at radius 1 is 1.00 bits per heavy atom. The third-order valence-corrected chi connectivity index (χ3v) is 4.81. The topological polar surface area (TPSA) is 47.6 Å². The molecule has 3 rings (SSSR count). The number of hydrogen-bond donors (Lipinski definition) is 1. The highest BCUT2D eigenvalue weighted by Crippen LogP contribution is 2.26. The summed E-state index contributed by atoms with van der Waals surface area (Å²) in [6, 6.07) is 22.0. The van der Waals surface area contributed by atoms with Crippen molar-refractivity contribution in [2.45, 2.75) is 19.6 Å². The van der Waals surface area contributed by atoms with Crippen LogP contribution < -0.4 is 10.1 Å². The number of ether oxygens (including phenoxy) is 2. The van der Waals surface area contributed by atoms with E-state index >= 15 is 0 Å². The third kappa shape index (κ3) is 5.89. The van der Waals surface area contributed by atoms with Crippen LogP contribution in [0.25, 0.3) is 0 Å². The first-order valence-corrected chi connectivity index (χ1v) is 9.98. The molecule has 0 saturated carbocycles. The van der Waals surface area contributed by atoms with Crippen molar-refractivity contribution in [2.24, 2.45) is 0 Å². The lowest BCUT2D eigenvalue weighted by Gasteiger charge is -2.18. The first-order valence-electron chi connectivity index (χ1n) is 9.23. The van der Waals surface area contributed by atoms with Gasteiger partial charge in [0, 0.05) is 27.8 Å². The molecule has 0 fully saturated rings. The van der Waals surface area contributed by atoms with Gasteiger partial charge in [-0.25, -0.2) is 4.79 Å². The van der Waals surface area contributed by atoms with Gasteiger partial charge in [-0.1, -0.05) is 53.5 Å². The number of hydrogen-bond acceptors (Lipinski definition) is 4. The van der Waals surface area contributed by atoms with Crippen LogP contribution >= 0.6 is 23.2 Å². The highest BCUT2D eigenvalue weighted by Gasteiger charge is 2.23. The Kier molecular flexibility index (Phi) is 7.39. The van der Waals surface area contributed by atoms with E-state index in [1.54, 1.807) is 31.2 Å². The van der Waals surface area contributed by atoms with Crippen molar-refractivity contribution in [1.82, 2.24) is 0 Å². The van der Waals surface area contributed by atoms with Gasteiger partial charge < -0.3 is 14.8 Å². The van der Waals surface area contributed by atoms with Crippen molar-refractivity contribution in [2.75, 3.05) is 11.9 Å². The number of carbonyl (C=O) groups is 1. The fourth-order valence-corrected chi connectivity index (χ4v) is 3.14. The smallest absolute Gasteiger partial charge is 0.352 e. The number of rotatable bonds is 8. The Labute approximate surface area is 180 Å². The molecule has 0 heterocycles. The number of benzene rings is 3. The largest absolute Gasteiger partial charge is 0.474 e. The third-order valence-electron chi connectivity index (χ3n) is 4.20. The summed E-state index contributed by atoms with van der Waals surface area (Å²) < 4.78 is 11.1. The molecule has 0 saturated heterocycles. The highest BCUT2D eigenvalue weighted by molar-refractivity contribution is 6.33. The Morgan fingerprint density at radius 2 is 1.72 bits per heavy atom. The molecule has 0 bridgehead atoms. The van der Waals surface area contributed by atoms with Crippen molar-refractivity contribution in [1.29, 1.82) is 0 Å². The Morgan fingerprint density at radius 3 is 2.41 bits per heavy atom. The minimum absolute atomic E-state index is 0.292. The SMILES string of the molecule is CCOC(=O)C(Oc1ccc(NCc2cc(Cl)ccc2Cl)cc1)c1ccccc1. The minimum atomic E-state index is -0.819. The predicted octanol–water partition coefficient (Wildman–Crippen LogP) is 6.29. The molecule has 1 N–H and O–H groups in total. The summed E-state index contributed by atoms with van der Waals surface area (Å²) in [5.74, 6) is 0.148. The van der Waals surface area contributed by atoms with Gasteiger partial charge >= 0.3 is 5.97 Å². The molecule has 0 aliphatic heterocycles. The molecule has 1 atom stereocenters. The minimum Gasteiger partial charge on any atom is -0.474 e. The van der Waals surface area contributed by atoms with E-state index in [-0.39, 0.29) is 0 Å². The molecule has 0 amide bonds. The molecule has 3 aromatic carbocycles. The number of anilines is 1. The van der Waals surface area contributed by atoms with E-state index in [9.17, 15) is 4.79 Å². The van der Waals surface area contributed by atoms with E-state index in [1.165, 1.54) is 0 Å². The lowest BCUT2D eigenvalue weighted by molar-refractivity contribution is -0.151. The van der Waals surface area contributed by atoms with E-state index in [0.717, 1.165) is 16.8 Å². The van der Waals surface area contributed by atoms with E-state index in [0.29, 0.717) is 28.9 Å². The quantitative estimate of drug-likeness (QED) is 0.427. The Balaban J connectivity index is 1.68. The lowest BCUT2D eigenvalue weighted by atomic mass is 10.1. The predicted molar refractivity (Wildman–Crippen MR) is 117 cm³/mol. The van der Waals surface area contributed by atoms with Crippen LogP contribution in [0, 0.1) is 0 Å². The number of halogens is 2. The zero-order valence-electron chi connectivity index (χ0n) is 15.9. The highest BCUT2D eigenvalue weighted by atomic mass is 35.5. The standard InChI is InChI=1S/C23H21Cl2NO3/c1-2-28-23(27)22(16-6-4-3-5-7-16)29-20-11-9-19(10-12-20)26-15-17-14-18(24)8-13-21(17)25/h3-14,22,26H,2,15H2,1H3. The average molecular weight is 430 g/mol. The molecule has 0 radical (unpaired) electrons. The molecule has 3 aromatic rings. The molecule has 0 aliphatic carbocycles. The van der Waals surface area contributed by atoms with Gasteiger partial charge in [0.25, 0.3) is 0 Å². The summed E-state index contributed by atoms with van der Waals surface area (Å²) in [5, 5.41) is 4.59. The molecule has 0 spiro atoms. The summed E-state index contributed by atoms with van der Waals surface area (Å²) >= 11 is 12.2. The van der Waals surface area contributed by atoms with Crippen LogP contribution in [0.4, 0.5) is 5.69 Å². The zero-order chi connectivity index (χ0) is 20.6. The van der Waals surface area contributed by atoms with Gasteiger partial charge in [0.15, 0.2) is 0 Å². The van der Waals surface area contributed by atoms with E-state index in [1.807, 2.05) is 48.5 Å². The van der Waals surface area contributed by atoms with E-state index in [4.69, 9.17) is 32.7 Å². The Hall–Kier alpha value is -2.69. The lowest BCUT2D eigenvalue weighted by Crippen LogP contribution is -2.21. The summed E-state index contributed by atoms with van der Waals surface area (Å²) in [6.07, 6.45) is -0.819. The second-order valence-electron chi connectivity index (χ2n) is 6.27. The monoisotopic (exact) mass is 429 g/mol. The summed E-state index contributed by atoms with van der Waals surface area (Å²) in [6.45, 7) is 2.60. The molecule has 1 unspecified atom stereocenters. The van der Waals surface area contributed by atoms with Crippen molar-refractivity contribution in [3.8, 4) is 5.75 Å². The van der Waals surface area contributed by atoms with Crippen LogP contribution in [-0.4, -0.2) is 12.6 Å². The van der Waals surface area contributed by atoms with E-state index in [2.05, 4.69) is 5.32 Å². The molecular weight excluding hydrogens is 409 g/mol. The second-order valence-corrected chi connectivity index (χ2v) is 7.12. The van der Waals surface area contributed by atoms with Crippen molar-refractivity contribution < 1.29 is 14.3 Å². The fourth-order valence-electron chi connectivity index (χ4n) is 2.76. The fraction of sp³-hybridized carbons (Fsp3) is 0.174. The maximum absolute atomic E-state index is 12.4. The van der Waals surface area contributed by atoms with Gasteiger partial charge in [0.2, 0.25) is 6.10 Å². The van der Waals surface area contributed by atoms with Gasteiger partial charge in [-0.15, -0.1) is 0 Å². The van der Waals surface area contributed by atoms with E-state index < -0.39 is 12.1 Å². The van der Waals surface area contributed by atoms with Crippen molar-refractivity contribution in [3.05, 3.63) is 94.0 Å². The van der Waals surface area contributed by atoms with Gasteiger partial charge in [0.1, 0.15) is 5.75 Å². The molecule has 150 valence electrons. The van der Waals surface area contributed by atoms with Crippen molar-refractivity contribution >= 4 is 34.9 Å². The van der Waals surface area contributed by atoms with Crippen molar-refractivity contribution in [3.63, 3.8) is 0 Å². The van der Waals surface area contributed by atoms with Gasteiger partial charge in [-0.05, 0) is 55.0 Å². The summed E-state index contributed by atoms with van der Waals surface area (Å²) in [7, 11) is 0.